The molecule has 3 aromatic rings. The van der Waals surface area contributed by atoms with Crippen LogP contribution < -0.4 is 0 Å². The summed E-state index contributed by atoms with van der Waals surface area (Å²) in [5.41, 5.74) is 4.53. The Morgan fingerprint density at radius 1 is 1.20 bits per heavy atom. The van der Waals surface area contributed by atoms with Crippen molar-refractivity contribution in [3.05, 3.63) is 71.7 Å². The molecule has 4 rings (SSSR count). The van der Waals surface area contributed by atoms with Crippen molar-refractivity contribution in [2.45, 2.75) is 32.7 Å². The van der Waals surface area contributed by atoms with E-state index >= 15 is 0 Å². The fourth-order valence-corrected chi connectivity index (χ4v) is 3.78. The summed E-state index contributed by atoms with van der Waals surface area (Å²) in [6, 6.07) is 16.3. The maximum atomic E-state index is 13.1. The summed E-state index contributed by atoms with van der Waals surface area (Å²) >= 11 is 0. The lowest BCUT2D eigenvalue weighted by Gasteiger charge is -2.28. The molecule has 0 saturated carbocycles. The zero-order valence-electron chi connectivity index (χ0n) is 14.6. The number of rotatable bonds is 4. The SMILES string of the molecule is CCN(Cc1ccccc1)C(=O)C1CCc2nc3ccccn3c2C1. The molecule has 25 heavy (non-hydrogen) atoms. The number of amides is 1. The molecular weight excluding hydrogens is 310 g/mol. The van der Waals surface area contributed by atoms with Crippen molar-refractivity contribution in [2.24, 2.45) is 5.92 Å². The van der Waals surface area contributed by atoms with Crippen molar-refractivity contribution in [1.29, 1.82) is 0 Å². The Morgan fingerprint density at radius 2 is 2.00 bits per heavy atom. The van der Waals surface area contributed by atoms with Crippen LogP contribution in [0.2, 0.25) is 0 Å². The summed E-state index contributed by atoms with van der Waals surface area (Å²) in [4.78, 5) is 19.8. The number of aryl methyl sites for hydroxylation is 1. The van der Waals surface area contributed by atoms with Crippen LogP contribution in [0.1, 0.15) is 30.3 Å². The van der Waals surface area contributed by atoms with Gasteiger partial charge in [0.05, 0.1) is 5.69 Å². The van der Waals surface area contributed by atoms with Crippen LogP contribution in [-0.2, 0) is 24.2 Å². The van der Waals surface area contributed by atoms with E-state index in [0.29, 0.717) is 6.54 Å². The fourth-order valence-electron chi connectivity index (χ4n) is 3.78. The van der Waals surface area contributed by atoms with E-state index in [1.165, 1.54) is 11.3 Å². The highest BCUT2D eigenvalue weighted by atomic mass is 16.2. The fraction of sp³-hybridized carbons (Fsp3) is 0.333. The predicted molar refractivity (Wildman–Crippen MR) is 98.2 cm³/mol. The number of carbonyl (C=O) groups excluding carboxylic acids is 1. The molecule has 128 valence electrons. The molecule has 4 heteroatoms. The van der Waals surface area contributed by atoms with Crippen molar-refractivity contribution >= 4 is 11.6 Å². The largest absolute Gasteiger partial charge is 0.338 e. The molecule has 1 atom stereocenters. The van der Waals surface area contributed by atoms with Gasteiger partial charge < -0.3 is 9.30 Å². The average Bonchev–Trinajstić information content (AvgIpc) is 3.04. The minimum Gasteiger partial charge on any atom is -0.338 e. The van der Waals surface area contributed by atoms with Crippen LogP contribution >= 0.6 is 0 Å². The smallest absolute Gasteiger partial charge is 0.226 e. The van der Waals surface area contributed by atoms with Crippen LogP contribution in [0, 0.1) is 5.92 Å². The van der Waals surface area contributed by atoms with Crippen LogP contribution in [0.15, 0.2) is 54.7 Å². The van der Waals surface area contributed by atoms with Gasteiger partial charge in [0.1, 0.15) is 5.65 Å². The van der Waals surface area contributed by atoms with Gasteiger partial charge in [0.15, 0.2) is 0 Å². The first-order valence-corrected chi connectivity index (χ1v) is 9.04. The third-order valence-electron chi connectivity index (χ3n) is 5.14. The molecule has 0 fully saturated rings. The van der Waals surface area contributed by atoms with E-state index in [1.54, 1.807) is 0 Å². The maximum Gasteiger partial charge on any atom is 0.226 e. The van der Waals surface area contributed by atoms with Crippen molar-refractivity contribution in [2.75, 3.05) is 6.54 Å². The molecule has 0 bridgehead atoms. The van der Waals surface area contributed by atoms with Gasteiger partial charge in [0.2, 0.25) is 5.91 Å². The number of carbonyl (C=O) groups is 1. The van der Waals surface area contributed by atoms with Gasteiger partial charge >= 0.3 is 0 Å². The monoisotopic (exact) mass is 333 g/mol. The van der Waals surface area contributed by atoms with Gasteiger partial charge in [-0.15, -0.1) is 0 Å². The average molecular weight is 333 g/mol. The Kier molecular flexibility index (Phi) is 4.26. The lowest BCUT2D eigenvalue weighted by atomic mass is 9.88. The molecule has 1 aromatic carbocycles. The normalized spacial score (nSPS) is 16.6. The lowest BCUT2D eigenvalue weighted by molar-refractivity contribution is -0.136. The van der Waals surface area contributed by atoms with Crippen molar-refractivity contribution in [3.63, 3.8) is 0 Å². The first-order chi connectivity index (χ1) is 12.3. The van der Waals surface area contributed by atoms with Crippen molar-refractivity contribution in [3.8, 4) is 0 Å². The number of pyridine rings is 1. The Morgan fingerprint density at radius 3 is 2.80 bits per heavy atom. The Labute approximate surface area is 148 Å². The predicted octanol–water partition coefficient (Wildman–Crippen LogP) is 3.49. The van der Waals surface area contributed by atoms with E-state index in [0.717, 1.165) is 37.1 Å². The number of imidazole rings is 1. The molecule has 2 aromatic heterocycles. The second-order valence-corrected chi connectivity index (χ2v) is 6.71. The van der Waals surface area contributed by atoms with E-state index in [2.05, 4.69) is 29.7 Å². The zero-order valence-corrected chi connectivity index (χ0v) is 14.6. The molecule has 0 radical (unpaired) electrons. The summed E-state index contributed by atoms with van der Waals surface area (Å²) < 4.78 is 2.14. The summed E-state index contributed by atoms with van der Waals surface area (Å²) in [5, 5.41) is 0. The van der Waals surface area contributed by atoms with E-state index in [4.69, 9.17) is 4.98 Å². The number of nitrogens with zero attached hydrogens (tertiary/aromatic N) is 3. The third kappa shape index (κ3) is 3.04. The molecule has 2 heterocycles. The lowest BCUT2D eigenvalue weighted by Crippen LogP contribution is -2.38. The summed E-state index contributed by atoms with van der Waals surface area (Å²) in [6.07, 6.45) is 4.61. The topological polar surface area (TPSA) is 37.6 Å². The molecule has 1 aliphatic rings. The van der Waals surface area contributed by atoms with Gasteiger partial charge in [0.25, 0.3) is 0 Å². The highest BCUT2D eigenvalue weighted by molar-refractivity contribution is 5.79. The van der Waals surface area contributed by atoms with E-state index in [9.17, 15) is 4.79 Å². The second kappa shape index (κ2) is 6.71. The minimum absolute atomic E-state index is 0.0521. The van der Waals surface area contributed by atoms with Crippen LogP contribution in [0.5, 0.6) is 0 Å². The van der Waals surface area contributed by atoms with Crippen molar-refractivity contribution < 1.29 is 4.79 Å². The quantitative estimate of drug-likeness (QED) is 0.733. The van der Waals surface area contributed by atoms with Gasteiger partial charge in [-0.05, 0) is 37.5 Å². The molecule has 0 aliphatic heterocycles. The Bertz CT molecular complexity index is 885. The summed E-state index contributed by atoms with van der Waals surface area (Å²) in [6.45, 7) is 3.49. The number of hydrogen-bond acceptors (Lipinski definition) is 2. The van der Waals surface area contributed by atoms with E-state index in [1.807, 2.05) is 41.3 Å². The number of hydrogen-bond donors (Lipinski definition) is 0. The molecule has 1 aliphatic carbocycles. The third-order valence-corrected chi connectivity index (χ3v) is 5.14. The number of aromatic nitrogens is 2. The van der Waals surface area contributed by atoms with Crippen LogP contribution in [0.25, 0.3) is 5.65 Å². The highest BCUT2D eigenvalue weighted by Gasteiger charge is 2.30. The molecule has 0 saturated heterocycles. The van der Waals surface area contributed by atoms with Gasteiger partial charge in [0, 0.05) is 37.3 Å². The molecule has 4 nitrogen and oxygen atoms in total. The van der Waals surface area contributed by atoms with Crippen LogP contribution in [0.3, 0.4) is 0 Å². The number of fused-ring (bicyclic) bond motifs is 3. The molecule has 0 spiro atoms. The molecule has 1 amide bonds. The van der Waals surface area contributed by atoms with E-state index in [-0.39, 0.29) is 11.8 Å². The summed E-state index contributed by atoms with van der Waals surface area (Å²) in [5.74, 6) is 0.319. The first kappa shape index (κ1) is 15.9. The molecule has 1 unspecified atom stereocenters. The first-order valence-electron chi connectivity index (χ1n) is 9.04. The minimum atomic E-state index is 0.0521. The van der Waals surface area contributed by atoms with Crippen LogP contribution in [0.4, 0.5) is 0 Å². The summed E-state index contributed by atoms with van der Waals surface area (Å²) in [7, 11) is 0. The van der Waals surface area contributed by atoms with Gasteiger partial charge in [-0.2, -0.15) is 0 Å². The molecule has 0 N–H and O–H groups in total. The van der Waals surface area contributed by atoms with E-state index < -0.39 is 0 Å². The molecular formula is C21H23N3O. The maximum absolute atomic E-state index is 13.1. The van der Waals surface area contributed by atoms with Crippen molar-refractivity contribution in [1.82, 2.24) is 14.3 Å². The number of benzene rings is 1. The zero-order chi connectivity index (χ0) is 17.2. The Hall–Kier alpha value is -2.62. The second-order valence-electron chi connectivity index (χ2n) is 6.71. The standard InChI is InChI=1S/C21H23N3O/c1-2-23(15-16-8-4-3-5-9-16)21(25)17-11-12-18-19(14-17)24-13-7-6-10-20(24)22-18/h3-10,13,17H,2,11-12,14-15H2,1H3. The Balaban J connectivity index is 1.54. The van der Waals surface area contributed by atoms with Crippen LogP contribution in [-0.4, -0.2) is 26.7 Å². The van der Waals surface area contributed by atoms with Gasteiger partial charge in [-0.1, -0.05) is 36.4 Å². The van der Waals surface area contributed by atoms with Gasteiger partial charge in [-0.3, -0.25) is 4.79 Å². The highest BCUT2D eigenvalue weighted by Crippen LogP contribution is 2.28. The van der Waals surface area contributed by atoms with Gasteiger partial charge in [-0.25, -0.2) is 4.98 Å².